The monoisotopic (exact) mass is 288 g/mol. The molecular weight excluding hydrogens is 268 g/mol. The van der Waals surface area contributed by atoms with E-state index in [0.717, 1.165) is 36.5 Å². The van der Waals surface area contributed by atoms with Gasteiger partial charge in [-0.3, -0.25) is 4.98 Å². The maximum absolute atomic E-state index is 6.10. The molecule has 0 spiro atoms. The molecule has 2 nitrogen and oxygen atoms in total. The van der Waals surface area contributed by atoms with E-state index in [9.17, 15) is 0 Å². The van der Waals surface area contributed by atoms with Crippen molar-refractivity contribution in [1.29, 1.82) is 0 Å². The molecule has 0 amide bonds. The number of hydrogen-bond donors (Lipinski definition) is 1. The second-order valence-electron chi connectivity index (χ2n) is 4.92. The summed E-state index contributed by atoms with van der Waals surface area (Å²) in [6.45, 7) is 3.19. The van der Waals surface area contributed by atoms with Crippen LogP contribution in [-0.2, 0) is 6.42 Å². The zero-order chi connectivity index (χ0) is 14.2. The Morgan fingerprint density at radius 3 is 2.80 bits per heavy atom. The zero-order valence-corrected chi connectivity index (χ0v) is 12.6. The van der Waals surface area contributed by atoms with Gasteiger partial charge in [-0.05, 0) is 55.6 Å². The van der Waals surface area contributed by atoms with E-state index in [0.29, 0.717) is 6.04 Å². The van der Waals surface area contributed by atoms with Crippen LogP contribution < -0.4 is 5.32 Å². The van der Waals surface area contributed by atoms with E-state index in [1.165, 1.54) is 5.56 Å². The number of halogens is 1. The van der Waals surface area contributed by atoms with Crippen molar-refractivity contribution in [2.75, 3.05) is 6.54 Å². The highest BCUT2D eigenvalue weighted by Gasteiger charge is 2.11. The number of rotatable bonds is 7. The van der Waals surface area contributed by atoms with Crippen LogP contribution in [0, 0.1) is 0 Å². The number of aromatic nitrogens is 1. The number of benzene rings is 1. The van der Waals surface area contributed by atoms with E-state index in [4.69, 9.17) is 11.6 Å². The number of pyridine rings is 1. The van der Waals surface area contributed by atoms with Gasteiger partial charge in [0, 0.05) is 23.0 Å². The van der Waals surface area contributed by atoms with Crippen molar-refractivity contribution in [1.82, 2.24) is 10.3 Å². The Labute approximate surface area is 126 Å². The highest BCUT2D eigenvalue weighted by Crippen LogP contribution is 2.22. The van der Waals surface area contributed by atoms with Crippen LogP contribution in [0.15, 0.2) is 48.7 Å². The van der Waals surface area contributed by atoms with Gasteiger partial charge in [0.1, 0.15) is 0 Å². The summed E-state index contributed by atoms with van der Waals surface area (Å²) in [7, 11) is 0. The van der Waals surface area contributed by atoms with Crippen LogP contribution in [0.1, 0.15) is 37.1 Å². The van der Waals surface area contributed by atoms with Crippen LogP contribution in [0.2, 0.25) is 5.02 Å². The van der Waals surface area contributed by atoms with Crippen LogP contribution in [-0.4, -0.2) is 11.5 Å². The third kappa shape index (κ3) is 4.62. The lowest BCUT2D eigenvalue weighted by molar-refractivity contribution is 0.497. The smallest absolute Gasteiger partial charge is 0.0409 e. The van der Waals surface area contributed by atoms with Crippen LogP contribution in [0.5, 0.6) is 0 Å². The van der Waals surface area contributed by atoms with Gasteiger partial charge in [0.05, 0.1) is 0 Å². The van der Waals surface area contributed by atoms with Gasteiger partial charge >= 0.3 is 0 Å². The molecule has 1 heterocycles. The first-order valence-electron chi connectivity index (χ1n) is 7.18. The second-order valence-corrected chi connectivity index (χ2v) is 5.36. The first-order chi connectivity index (χ1) is 9.79. The minimum Gasteiger partial charge on any atom is -0.310 e. The molecule has 20 heavy (non-hydrogen) atoms. The van der Waals surface area contributed by atoms with E-state index in [1.54, 1.807) is 0 Å². The van der Waals surface area contributed by atoms with Crippen molar-refractivity contribution in [2.24, 2.45) is 0 Å². The number of aryl methyl sites for hydroxylation is 1. The molecule has 106 valence electrons. The third-order valence-electron chi connectivity index (χ3n) is 3.31. The lowest BCUT2D eigenvalue weighted by Gasteiger charge is -2.19. The molecule has 0 aliphatic heterocycles. The summed E-state index contributed by atoms with van der Waals surface area (Å²) >= 11 is 6.10. The van der Waals surface area contributed by atoms with Crippen molar-refractivity contribution in [3.05, 3.63) is 64.9 Å². The number of nitrogens with zero attached hydrogens (tertiary/aromatic N) is 1. The number of nitrogens with one attached hydrogen (secondary N) is 1. The summed E-state index contributed by atoms with van der Waals surface area (Å²) in [5, 5.41) is 4.39. The predicted octanol–water partition coefficient (Wildman–Crippen LogP) is 4.41. The maximum Gasteiger partial charge on any atom is 0.0409 e. The normalized spacial score (nSPS) is 12.3. The fourth-order valence-corrected chi connectivity index (χ4v) is 2.47. The van der Waals surface area contributed by atoms with Gasteiger partial charge in [0.25, 0.3) is 0 Å². The molecule has 1 unspecified atom stereocenters. The van der Waals surface area contributed by atoms with Crippen LogP contribution in [0.25, 0.3) is 0 Å². The summed E-state index contributed by atoms with van der Waals surface area (Å²) < 4.78 is 0. The predicted molar refractivity (Wildman–Crippen MR) is 85.0 cm³/mol. The molecule has 2 rings (SSSR count). The maximum atomic E-state index is 6.10. The Kier molecular flexibility index (Phi) is 6.03. The fourth-order valence-electron chi connectivity index (χ4n) is 2.27. The highest BCUT2D eigenvalue weighted by molar-refractivity contribution is 6.30. The molecule has 1 atom stereocenters. The molecule has 3 heteroatoms. The summed E-state index contributed by atoms with van der Waals surface area (Å²) in [6.07, 6.45) is 4.97. The largest absolute Gasteiger partial charge is 0.310 e. The summed E-state index contributed by atoms with van der Waals surface area (Å²) in [5.41, 5.74) is 2.39. The molecule has 0 aliphatic carbocycles. The molecule has 0 fully saturated rings. The van der Waals surface area contributed by atoms with Gasteiger partial charge in [0.2, 0.25) is 0 Å². The average molecular weight is 289 g/mol. The molecule has 0 radical (unpaired) electrons. The molecular formula is C17H21ClN2. The van der Waals surface area contributed by atoms with Gasteiger partial charge in [-0.25, -0.2) is 0 Å². The topological polar surface area (TPSA) is 24.9 Å². The van der Waals surface area contributed by atoms with E-state index in [1.807, 2.05) is 36.5 Å². The highest BCUT2D eigenvalue weighted by atomic mass is 35.5. The Balaban J connectivity index is 2.03. The SMILES string of the molecule is CCCNC(CCc1ccccn1)c1cccc(Cl)c1. The quantitative estimate of drug-likeness (QED) is 0.816. The first-order valence-corrected chi connectivity index (χ1v) is 7.56. The Bertz CT molecular complexity index is 513. The second kappa shape index (κ2) is 8.03. The lowest BCUT2D eigenvalue weighted by atomic mass is 10.0. The third-order valence-corrected chi connectivity index (χ3v) is 3.54. The van der Waals surface area contributed by atoms with Gasteiger partial charge in [-0.15, -0.1) is 0 Å². The Hall–Kier alpha value is -1.38. The molecule has 2 aromatic rings. The van der Waals surface area contributed by atoms with Crippen molar-refractivity contribution in [3.8, 4) is 0 Å². The molecule has 1 N–H and O–H groups in total. The molecule has 1 aromatic heterocycles. The fraction of sp³-hybridized carbons (Fsp3) is 0.353. The van der Waals surface area contributed by atoms with E-state index < -0.39 is 0 Å². The van der Waals surface area contributed by atoms with Gasteiger partial charge in [-0.2, -0.15) is 0 Å². The van der Waals surface area contributed by atoms with Crippen molar-refractivity contribution >= 4 is 11.6 Å². The van der Waals surface area contributed by atoms with E-state index in [-0.39, 0.29) is 0 Å². The summed E-state index contributed by atoms with van der Waals surface area (Å²) in [6, 6.07) is 14.5. The van der Waals surface area contributed by atoms with Gasteiger partial charge in [-0.1, -0.05) is 36.7 Å². The lowest BCUT2D eigenvalue weighted by Crippen LogP contribution is -2.22. The molecule has 0 bridgehead atoms. The molecule has 0 saturated carbocycles. The molecule has 0 aliphatic rings. The van der Waals surface area contributed by atoms with Gasteiger partial charge < -0.3 is 5.32 Å². The van der Waals surface area contributed by atoms with Crippen LogP contribution >= 0.6 is 11.6 Å². The number of hydrogen-bond acceptors (Lipinski definition) is 2. The van der Waals surface area contributed by atoms with Gasteiger partial charge in [0.15, 0.2) is 0 Å². The minimum absolute atomic E-state index is 0.329. The molecule has 1 aromatic carbocycles. The van der Waals surface area contributed by atoms with E-state index in [2.05, 4.69) is 29.4 Å². The Morgan fingerprint density at radius 1 is 1.20 bits per heavy atom. The van der Waals surface area contributed by atoms with E-state index >= 15 is 0 Å². The van der Waals surface area contributed by atoms with Crippen molar-refractivity contribution < 1.29 is 0 Å². The standard InChI is InChI=1S/C17H21ClN2/c1-2-11-20-17(14-6-5-7-15(18)13-14)10-9-16-8-3-4-12-19-16/h3-8,12-13,17,20H,2,9-11H2,1H3. The minimum atomic E-state index is 0.329. The Morgan fingerprint density at radius 2 is 2.10 bits per heavy atom. The summed E-state index contributed by atoms with van der Waals surface area (Å²) in [5.74, 6) is 0. The zero-order valence-electron chi connectivity index (χ0n) is 11.8. The van der Waals surface area contributed by atoms with Crippen LogP contribution in [0.3, 0.4) is 0 Å². The average Bonchev–Trinajstić information content (AvgIpc) is 2.48. The molecule has 0 saturated heterocycles. The first kappa shape index (κ1) is 15.0. The van der Waals surface area contributed by atoms with Crippen LogP contribution in [0.4, 0.5) is 0 Å². The summed E-state index contributed by atoms with van der Waals surface area (Å²) in [4.78, 5) is 4.39. The van der Waals surface area contributed by atoms with Crippen molar-refractivity contribution in [3.63, 3.8) is 0 Å². The van der Waals surface area contributed by atoms with Crippen molar-refractivity contribution in [2.45, 2.75) is 32.2 Å².